The fourth-order valence-electron chi connectivity index (χ4n) is 1.53. The first-order valence-corrected chi connectivity index (χ1v) is 5.42. The average Bonchev–Trinajstić information content (AvgIpc) is 2.63. The van der Waals surface area contributed by atoms with E-state index in [-0.39, 0.29) is 5.69 Å². The Labute approximate surface area is 103 Å². The van der Waals surface area contributed by atoms with E-state index in [4.69, 9.17) is 21.2 Å². The van der Waals surface area contributed by atoms with Crippen molar-refractivity contribution in [2.45, 2.75) is 12.8 Å². The van der Waals surface area contributed by atoms with E-state index in [9.17, 15) is 4.79 Å². The number of carboxylic acid groups (broad SMARTS) is 1. The van der Waals surface area contributed by atoms with E-state index in [0.29, 0.717) is 18.6 Å². The van der Waals surface area contributed by atoms with E-state index in [2.05, 4.69) is 5.16 Å². The number of carboxylic acids is 1. The molecule has 0 saturated heterocycles. The van der Waals surface area contributed by atoms with E-state index >= 15 is 0 Å². The number of nitrogens with zero attached hydrogens (tertiary/aromatic N) is 1. The molecule has 1 aromatic rings. The first kappa shape index (κ1) is 11.7. The molecule has 0 atom stereocenters. The third kappa shape index (κ3) is 3.07. The lowest BCUT2D eigenvalue weighted by Gasteiger charge is -2.01. The lowest BCUT2D eigenvalue weighted by molar-refractivity contribution is 0.0685. The summed E-state index contributed by atoms with van der Waals surface area (Å²) in [5.74, 6) is -0.568. The van der Waals surface area contributed by atoms with Crippen LogP contribution in [0.2, 0.25) is 0 Å². The van der Waals surface area contributed by atoms with Gasteiger partial charge in [-0.3, -0.25) is 0 Å². The van der Waals surface area contributed by atoms with Gasteiger partial charge in [0, 0.05) is 23.9 Å². The molecular formula is C12H10ClNO3. The predicted octanol–water partition coefficient (Wildman–Crippen LogP) is 2.92. The van der Waals surface area contributed by atoms with E-state index in [1.54, 1.807) is 0 Å². The smallest absolute Gasteiger partial charge is 0.358 e. The largest absolute Gasteiger partial charge is 0.476 e. The summed E-state index contributed by atoms with van der Waals surface area (Å²) in [6.07, 6.45) is 8.66. The van der Waals surface area contributed by atoms with Gasteiger partial charge >= 0.3 is 5.97 Å². The predicted molar refractivity (Wildman–Crippen MR) is 62.9 cm³/mol. The molecule has 0 bridgehead atoms. The average molecular weight is 252 g/mol. The van der Waals surface area contributed by atoms with Crippen molar-refractivity contribution in [2.75, 3.05) is 0 Å². The highest BCUT2D eigenvalue weighted by atomic mass is 35.5. The Kier molecular flexibility index (Phi) is 3.44. The van der Waals surface area contributed by atoms with Crippen LogP contribution in [0.5, 0.6) is 0 Å². The van der Waals surface area contributed by atoms with Gasteiger partial charge in [-0.05, 0) is 6.08 Å². The third-order valence-electron chi connectivity index (χ3n) is 2.30. The Hall–Kier alpha value is -1.81. The standard InChI is InChI=1S/C12H10ClNO3/c13-9-4-2-1-3-8(5-9)6-10-7-11(12(15)16)14-17-10/h1-4,7H,5-6H2,(H,15,16). The highest BCUT2D eigenvalue weighted by Crippen LogP contribution is 2.21. The molecule has 1 N–H and O–H groups in total. The van der Waals surface area contributed by atoms with Gasteiger partial charge in [-0.2, -0.15) is 0 Å². The van der Waals surface area contributed by atoms with Gasteiger partial charge in [-0.25, -0.2) is 4.79 Å². The second-order valence-electron chi connectivity index (χ2n) is 3.66. The van der Waals surface area contributed by atoms with Crippen LogP contribution >= 0.6 is 11.6 Å². The molecule has 88 valence electrons. The molecule has 0 aromatic carbocycles. The summed E-state index contributed by atoms with van der Waals surface area (Å²) in [5.41, 5.74) is 0.972. The number of hydrogen-bond donors (Lipinski definition) is 1. The van der Waals surface area contributed by atoms with E-state index < -0.39 is 5.97 Å². The van der Waals surface area contributed by atoms with Gasteiger partial charge in [0.25, 0.3) is 0 Å². The fourth-order valence-corrected chi connectivity index (χ4v) is 1.77. The van der Waals surface area contributed by atoms with Gasteiger partial charge < -0.3 is 9.63 Å². The van der Waals surface area contributed by atoms with Crippen LogP contribution in [-0.2, 0) is 6.42 Å². The summed E-state index contributed by atoms with van der Waals surface area (Å²) in [5, 5.41) is 12.9. The van der Waals surface area contributed by atoms with Crippen molar-refractivity contribution in [3.63, 3.8) is 0 Å². The molecule has 0 saturated carbocycles. The summed E-state index contributed by atoms with van der Waals surface area (Å²) >= 11 is 5.97. The monoisotopic (exact) mass is 251 g/mol. The quantitative estimate of drug-likeness (QED) is 0.897. The Bertz CT molecular complexity index is 526. The maximum atomic E-state index is 10.6. The summed E-state index contributed by atoms with van der Waals surface area (Å²) in [7, 11) is 0. The normalized spacial score (nSPS) is 15.1. The zero-order valence-corrected chi connectivity index (χ0v) is 9.65. The van der Waals surface area contributed by atoms with Crippen LogP contribution in [0.3, 0.4) is 0 Å². The van der Waals surface area contributed by atoms with Crippen LogP contribution in [0.25, 0.3) is 0 Å². The SMILES string of the molecule is O=C(O)c1cc(CC2=CC=CC=C(Cl)C2)on1. The molecule has 0 amide bonds. The second-order valence-corrected chi connectivity index (χ2v) is 4.15. The molecule has 1 aliphatic rings. The lowest BCUT2D eigenvalue weighted by atomic mass is 10.1. The first-order valence-electron chi connectivity index (χ1n) is 5.05. The molecule has 1 aliphatic carbocycles. The van der Waals surface area contributed by atoms with Gasteiger partial charge in [0.05, 0.1) is 0 Å². The maximum Gasteiger partial charge on any atom is 0.358 e. The first-order chi connectivity index (χ1) is 8.15. The number of halogens is 1. The molecule has 1 heterocycles. The fraction of sp³-hybridized carbons (Fsp3) is 0.167. The molecule has 17 heavy (non-hydrogen) atoms. The van der Waals surface area contributed by atoms with E-state index in [0.717, 1.165) is 10.6 Å². The lowest BCUT2D eigenvalue weighted by Crippen LogP contribution is -1.95. The van der Waals surface area contributed by atoms with Crippen molar-refractivity contribution in [2.24, 2.45) is 0 Å². The molecule has 0 spiro atoms. The summed E-state index contributed by atoms with van der Waals surface area (Å²) in [6.45, 7) is 0. The van der Waals surface area contributed by atoms with Crippen molar-refractivity contribution in [1.82, 2.24) is 5.16 Å². The van der Waals surface area contributed by atoms with Crippen molar-refractivity contribution >= 4 is 17.6 Å². The van der Waals surface area contributed by atoms with Gasteiger partial charge in [0.2, 0.25) is 0 Å². The van der Waals surface area contributed by atoms with Crippen molar-refractivity contribution in [3.05, 3.63) is 52.4 Å². The molecule has 0 radical (unpaired) electrons. The number of rotatable bonds is 3. The Balaban J connectivity index is 2.10. The van der Waals surface area contributed by atoms with Crippen LogP contribution in [0.4, 0.5) is 0 Å². The van der Waals surface area contributed by atoms with Crippen LogP contribution in [0.15, 0.2) is 45.5 Å². The number of hydrogen-bond acceptors (Lipinski definition) is 3. The van der Waals surface area contributed by atoms with Crippen LogP contribution in [0.1, 0.15) is 22.7 Å². The number of aromatic nitrogens is 1. The minimum atomic E-state index is -1.09. The van der Waals surface area contributed by atoms with Gasteiger partial charge in [0.1, 0.15) is 5.76 Å². The third-order valence-corrected chi connectivity index (χ3v) is 2.56. The molecule has 1 aromatic heterocycles. The van der Waals surface area contributed by atoms with Gasteiger partial charge in [0.15, 0.2) is 5.69 Å². The molecule has 4 nitrogen and oxygen atoms in total. The molecule has 2 rings (SSSR count). The minimum absolute atomic E-state index is 0.0774. The summed E-state index contributed by atoms with van der Waals surface area (Å²) in [4.78, 5) is 10.6. The number of carbonyl (C=O) groups is 1. The zero-order chi connectivity index (χ0) is 12.3. The molecule has 0 fully saturated rings. The van der Waals surface area contributed by atoms with Crippen LogP contribution in [0, 0.1) is 0 Å². The highest BCUT2D eigenvalue weighted by Gasteiger charge is 2.12. The maximum absolute atomic E-state index is 10.6. The number of allylic oxidation sites excluding steroid dienone is 6. The molecule has 5 heteroatoms. The van der Waals surface area contributed by atoms with Gasteiger partial charge in [-0.15, -0.1) is 0 Å². The highest BCUT2D eigenvalue weighted by molar-refractivity contribution is 6.29. The zero-order valence-electron chi connectivity index (χ0n) is 8.89. The minimum Gasteiger partial charge on any atom is -0.476 e. The van der Waals surface area contributed by atoms with Crippen LogP contribution < -0.4 is 0 Å². The van der Waals surface area contributed by atoms with Crippen molar-refractivity contribution in [3.8, 4) is 0 Å². The van der Waals surface area contributed by atoms with Gasteiger partial charge in [-0.1, -0.05) is 40.6 Å². The van der Waals surface area contributed by atoms with Crippen molar-refractivity contribution < 1.29 is 14.4 Å². The summed E-state index contributed by atoms with van der Waals surface area (Å²) < 4.78 is 4.95. The Morgan fingerprint density at radius 3 is 2.94 bits per heavy atom. The van der Waals surface area contributed by atoms with Crippen LogP contribution in [-0.4, -0.2) is 16.2 Å². The van der Waals surface area contributed by atoms with E-state index in [1.807, 2.05) is 24.3 Å². The van der Waals surface area contributed by atoms with Crippen molar-refractivity contribution in [1.29, 1.82) is 0 Å². The number of aromatic carboxylic acids is 1. The Morgan fingerprint density at radius 1 is 1.47 bits per heavy atom. The molecular weight excluding hydrogens is 242 g/mol. The topological polar surface area (TPSA) is 63.3 Å². The molecule has 0 aliphatic heterocycles. The Morgan fingerprint density at radius 2 is 2.24 bits per heavy atom. The second kappa shape index (κ2) is 5.01. The molecule has 0 unspecified atom stereocenters. The van der Waals surface area contributed by atoms with E-state index in [1.165, 1.54) is 6.07 Å². The summed E-state index contributed by atoms with van der Waals surface area (Å²) in [6, 6.07) is 1.43.